The van der Waals surface area contributed by atoms with E-state index >= 15 is 0 Å². The number of thiocarbonyl (C=S) groups is 1. The van der Waals surface area contributed by atoms with Crippen molar-refractivity contribution in [2.45, 2.75) is 32.1 Å². The van der Waals surface area contributed by atoms with E-state index in [9.17, 15) is 0 Å². The molecule has 86 valence electrons. The van der Waals surface area contributed by atoms with Crippen LogP contribution in [0.15, 0.2) is 18.2 Å². The van der Waals surface area contributed by atoms with E-state index in [4.69, 9.17) is 22.7 Å². The summed E-state index contributed by atoms with van der Waals surface area (Å²) in [6, 6.07) is 6.42. The highest BCUT2D eigenvalue weighted by molar-refractivity contribution is 7.80. The number of hydrogen-bond acceptors (Lipinski definition) is 2. The van der Waals surface area contributed by atoms with Gasteiger partial charge in [0.15, 0.2) is 0 Å². The van der Waals surface area contributed by atoms with Gasteiger partial charge in [-0.3, -0.25) is 0 Å². The third kappa shape index (κ3) is 2.95. The number of rotatable bonds is 5. The maximum atomic E-state index is 5.67. The minimum absolute atomic E-state index is 0.567. The van der Waals surface area contributed by atoms with Gasteiger partial charge in [-0.2, -0.15) is 0 Å². The Bertz CT molecular complexity index is 390. The van der Waals surface area contributed by atoms with Crippen LogP contribution in [0.2, 0.25) is 0 Å². The predicted molar refractivity (Wildman–Crippen MR) is 70.0 cm³/mol. The third-order valence-electron chi connectivity index (χ3n) is 2.91. The number of hydrogen-bond donors (Lipinski definition) is 1. The molecule has 16 heavy (non-hydrogen) atoms. The number of aryl methyl sites for hydroxylation is 2. The van der Waals surface area contributed by atoms with Gasteiger partial charge in [-0.15, -0.1) is 0 Å². The SMILES string of the molecule is NC(=S)CCCOc1ccc2c(c1)CCC2. The Morgan fingerprint density at radius 3 is 2.94 bits per heavy atom. The Balaban J connectivity index is 1.83. The molecule has 0 radical (unpaired) electrons. The van der Waals surface area contributed by atoms with Gasteiger partial charge >= 0.3 is 0 Å². The molecule has 2 rings (SSSR count). The van der Waals surface area contributed by atoms with Crippen molar-refractivity contribution >= 4 is 17.2 Å². The normalized spacial score (nSPS) is 13.5. The highest BCUT2D eigenvalue weighted by atomic mass is 32.1. The number of ether oxygens (including phenoxy) is 1. The molecule has 0 heterocycles. The van der Waals surface area contributed by atoms with Crippen LogP contribution in [-0.4, -0.2) is 11.6 Å². The second-order valence-corrected chi connectivity index (χ2v) is 4.73. The van der Waals surface area contributed by atoms with Crippen LogP contribution >= 0.6 is 12.2 Å². The van der Waals surface area contributed by atoms with Crippen molar-refractivity contribution in [3.05, 3.63) is 29.3 Å². The van der Waals surface area contributed by atoms with Crippen LogP contribution in [0.1, 0.15) is 30.4 Å². The highest BCUT2D eigenvalue weighted by Crippen LogP contribution is 2.26. The molecule has 2 nitrogen and oxygen atoms in total. The van der Waals surface area contributed by atoms with Crippen LogP contribution in [-0.2, 0) is 12.8 Å². The largest absolute Gasteiger partial charge is 0.494 e. The lowest BCUT2D eigenvalue weighted by molar-refractivity contribution is 0.313. The molecule has 0 saturated carbocycles. The molecule has 1 aromatic carbocycles. The molecule has 1 aliphatic rings. The van der Waals surface area contributed by atoms with Gasteiger partial charge in [0.05, 0.1) is 11.6 Å². The van der Waals surface area contributed by atoms with Crippen molar-refractivity contribution < 1.29 is 4.74 Å². The topological polar surface area (TPSA) is 35.2 Å². The van der Waals surface area contributed by atoms with Crippen molar-refractivity contribution in [1.29, 1.82) is 0 Å². The molecule has 0 aromatic heterocycles. The van der Waals surface area contributed by atoms with Gasteiger partial charge in [-0.1, -0.05) is 18.3 Å². The molecule has 0 amide bonds. The molecule has 0 spiro atoms. The summed E-state index contributed by atoms with van der Waals surface area (Å²) in [7, 11) is 0. The molecule has 0 atom stereocenters. The highest BCUT2D eigenvalue weighted by Gasteiger charge is 2.10. The molecule has 1 aliphatic carbocycles. The zero-order chi connectivity index (χ0) is 11.4. The summed E-state index contributed by atoms with van der Waals surface area (Å²) in [5, 5.41) is 0. The predicted octanol–water partition coefficient (Wildman–Crippen LogP) is 2.62. The monoisotopic (exact) mass is 235 g/mol. The molecule has 0 aliphatic heterocycles. The van der Waals surface area contributed by atoms with Crippen LogP contribution in [0.25, 0.3) is 0 Å². The van der Waals surface area contributed by atoms with E-state index in [-0.39, 0.29) is 0 Å². The Hall–Kier alpha value is -1.09. The molecule has 0 unspecified atom stereocenters. The first-order valence-corrected chi connectivity index (χ1v) is 6.19. The average Bonchev–Trinajstić information content (AvgIpc) is 2.71. The molecular formula is C13H17NOS. The zero-order valence-corrected chi connectivity index (χ0v) is 10.2. The first-order chi connectivity index (χ1) is 7.75. The van der Waals surface area contributed by atoms with E-state index in [0.29, 0.717) is 11.6 Å². The smallest absolute Gasteiger partial charge is 0.119 e. The fourth-order valence-corrected chi connectivity index (χ4v) is 2.22. The fourth-order valence-electron chi connectivity index (χ4n) is 2.07. The van der Waals surface area contributed by atoms with Crippen molar-refractivity contribution in [3.8, 4) is 5.75 Å². The van der Waals surface area contributed by atoms with Crippen LogP contribution in [0.5, 0.6) is 5.75 Å². The number of fused-ring (bicyclic) bond motifs is 1. The number of nitrogens with two attached hydrogens (primary N) is 1. The van der Waals surface area contributed by atoms with Gasteiger partial charge in [0.25, 0.3) is 0 Å². The van der Waals surface area contributed by atoms with Gasteiger partial charge in [-0.05, 0) is 48.9 Å². The van der Waals surface area contributed by atoms with Crippen molar-refractivity contribution in [3.63, 3.8) is 0 Å². The summed E-state index contributed by atoms with van der Waals surface area (Å²) in [6.45, 7) is 0.691. The molecule has 1 aromatic rings. The van der Waals surface area contributed by atoms with Gasteiger partial charge in [0.2, 0.25) is 0 Å². The van der Waals surface area contributed by atoms with Crippen LogP contribution in [0, 0.1) is 0 Å². The van der Waals surface area contributed by atoms with Crippen LogP contribution in [0.3, 0.4) is 0 Å². The lowest BCUT2D eigenvalue weighted by atomic mass is 10.1. The van der Waals surface area contributed by atoms with E-state index in [1.54, 1.807) is 0 Å². The molecule has 2 N–H and O–H groups in total. The fraction of sp³-hybridized carbons (Fsp3) is 0.462. The molecule has 0 bridgehead atoms. The van der Waals surface area contributed by atoms with Gasteiger partial charge < -0.3 is 10.5 Å². The lowest BCUT2D eigenvalue weighted by Gasteiger charge is -2.07. The molecular weight excluding hydrogens is 218 g/mol. The quantitative estimate of drug-likeness (QED) is 0.629. The van der Waals surface area contributed by atoms with Gasteiger partial charge in [0, 0.05) is 6.42 Å². The minimum atomic E-state index is 0.567. The third-order valence-corrected chi connectivity index (χ3v) is 3.11. The van der Waals surface area contributed by atoms with Gasteiger partial charge in [0.1, 0.15) is 5.75 Å². The summed E-state index contributed by atoms with van der Waals surface area (Å²) in [4.78, 5) is 0.567. The van der Waals surface area contributed by atoms with E-state index in [0.717, 1.165) is 18.6 Å². The summed E-state index contributed by atoms with van der Waals surface area (Å²) in [5.74, 6) is 0.976. The molecule has 0 fully saturated rings. The summed E-state index contributed by atoms with van der Waals surface area (Å²) >= 11 is 4.81. The van der Waals surface area contributed by atoms with Crippen LogP contribution in [0.4, 0.5) is 0 Å². The minimum Gasteiger partial charge on any atom is -0.494 e. The lowest BCUT2D eigenvalue weighted by Crippen LogP contribution is -2.09. The number of benzene rings is 1. The standard InChI is InChI=1S/C13H17NOS/c14-13(16)5-2-8-15-12-7-6-10-3-1-4-11(10)9-12/h6-7,9H,1-5,8H2,(H2,14,16). The summed E-state index contributed by atoms with van der Waals surface area (Å²) in [6.07, 6.45) is 5.35. The Morgan fingerprint density at radius 1 is 1.31 bits per heavy atom. The maximum absolute atomic E-state index is 5.67. The molecule has 3 heteroatoms. The zero-order valence-electron chi connectivity index (χ0n) is 9.37. The van der Waals surface area contributed by atoms with E-state index < -0.39 is 0 Å². The van der Waals surface area contributed by atoms with E-state index in [2.05, 4.69) is 18.2 Å². The first-order valence-electron chi connectivity index (χ1n) is 5.78. The second-order valence-electron chi connectivity index (χ2n) is 4.20. The van der Waals surface area contributed by atoms with E-state index in [1.165, 1.54) is 30.4 Å². The van der Waals surface area contributed by atoms with Crippen molar-refractivity contribution in [2.75, 3.05) is 6.61 Å². The van der Waals surface area contributed by atoms with E-state index in [1.807, 2.05) is 0 Å². The average molecular weight is 235 g/mol. The summed E-state index contributed by atoms with van der Waals surface area (Å²) < 4.78 is 5.67. The first kappa shape index (κ1) is 11.4. The second kappa shape index (κ2) is 5.30. The Kier molecular flexibility index (Phi) is 3.78. The maximum Gasteiger partial charge on any atom is 0.119 e. The van der Waals surface area contributed by atoms with Gasteiger partial charge in [-0.25, -0.2) is 0 Å². The van der Waals surface area contributed by atoms with Crippen LogP contribution < -0.4 is 10.5 Å². The Morgan fingerprint density at radius 2 is 2.12 bits per heavy atom. The Labute approximate surface area is 102 Å². The van der Waals surface area contributed by atoms with Crippen molar-refractivity contribution in [1.82, 2.24) is 0 Å². The summed E-state index contributed by atoms with van der Waals surface area (Å²) in [5.41, 5.74) is 8.35. The van der Waals surface area contributed by atoms with Crippen molar-refractivity contribution in [2.24, 2.45) is 5.73 Å². The molecule has 0 saturated heterocycles.